The quantitative estimate of drug-likeness (QED) is 0.926. The molecule has 106 valence electrons. The summed E-state index contributed by atoms with van der Waals surface area (Å²) in [4.78, 5) is 25.5. The van der Waals surface area contributed by atoms with Crippen LogP contribution < -0.4 is 4.90 Å². The molecule has 2 aromatic carbocycles. The third-order valence-electron chi connectivity index (χ3n) is 3.59. The molecule has 4 nitrogen and oxygen atoms in total. The lowest BCUT2D eigenvalue weighted by molar-refractivity contribution is 0.0698. The van der Waals surface area contributed by atoms with Crippen LogP contribution in [0.25, 0.3) is 0 Å². The highest BCUT2D eigenvalue weighted by Gasteiger charge is 2.28. The Balaban J connectivity index is 2.10. The van der Waals surface area contributed by atoms with E-state index in [1.807, 2.05) is 12.1 Å². The summed E-state index contributed by atoms with van der Waals surface area (Å²) in [5.74, 6) is -1.33. The van der Waals surface area contributed by atoms with Crippen molar-refractivity contribution in [3.05, 3.63) is 64.2 Å². The van der Waals surface area contributed by atoms with Gasteiger partial charge in [-0.05, 0) is 30.2 Å². The van der Waals surface area contributed by atoms with E-state index in [0.717, 1.165) is 5.56 Å². The van der Waals surface area contributed by atoms with Gasteiger partial charge in [-0.1, -0.05) is 35.9 Å². The SMILES string of the molecule is O=C(O)c1c(Cl)cccc1N1CCc2ccccc2C1=O. The first-order valence-electron chi connectivity index (χ1n) is 6.51. The zero-order chi connectivity index (χ0) is 15.0. The van der Waals surface area contributed by atoms with Crippen molar-refractivity contribution >= 4 is 29.2 Å². The summed E-state index contributed by atoms with van der Waals surface area (Å²) in [7, 11) is 0. The molecule has 1 aliphatic rings. The first kappa shape index (κ1) is 13.6. The smallest absolute Gasteiger partial charge is 0.339 e. The number of fused-ring (bicyclic) bond motifs is 1. The fraction of sp³-hybridized carbons (Fsp3) is 0.125. The van der Waals surface area contributed by atoms with E-state index in [1.54, 1.807) is 24.3 Å². The molecule has 0 unspecified atom stereocenters. The monoisotopic (exact) mass is 301 g/mol. The summed E-state index contributed by atoms with van der Waals surface area (Å²) >= 11 is 5.97. The predicted molar refractivity (Wildman–Crippen MR) is 80.2 cm³/mol. The molecule has 1 aliphatic heterocycles. The Morgan fingerprint density at radius 1 is 1.14 bits per heavy atom. The number of nitrogens with zero attached hydrogens (tertiary/aromatic N) is 1. The number of benzene rings is 2. The van der Waals surface area contributed by atoms with Crippen molar-refractivity contribution in [2.45, 2.75) is 6.42 Å². The van der Waals surface area contributed by atoms with E-state index in [1.165, 1.54) is 11.0 Å². The first-order chi connectivity index (χ1) is 10.1. The van der Waals surface area contributed by atoms with Gasteiger partial charge in [0.15, 0.2) is 0 Å². The van der Waals surface area contributed by atoms with Crippen LogP contribution in [0.5, 0.6) is 0 Å². The van der Waals surface area contributed by atoms with Gasteiger partial charge < -0.3 is 10.0 Å². The van der Waals surface area contributed by atoms with Crippen LogP contribution in [0.2, 0.25) is 5.02 Å². The first-order valence-corrected chi connectivity index (χ1v) is 6.89. The van der Waals surface area contributed by atoms with Gasteiger partial charge >= 0.3 is 5.97 Å². The van der Waals surface area contributed by atoms with Crippen LogP contribution in [0.4, 0.5) is 5.69 Å². The fourth-order valence-corrected chi connectivity index (χ4v) is 2.86. The topological polar surface area (TPSA) is 57.6 Å². The molecule has 2 aromatic rings. The molecule has 1 amide bonds. The van der Waals surface area contributed by atoms with Gasteiger partial charge in [0, 0.05) is 12.1 Å². The van der Waals surface area contributed by atoms with Crippen LogP contribution in [0.3, 0.4) is 0 Å². The Labute approximate surface area is 126 Å². The largest absolute Gasteiger partial charge is 0.478 e. The van der Waals surface area contributed by atoms with Crippen molar-refractivity contribution in [2.24, 2.45) is 0 Å². The Hall–Kier alpha value is -2.33. The maximum atomic E-state index is 12.6. The van der Waals surface area contributed by atoms with E-state index in [0.29, 0.717) is 24.2 Å². The molecule has 0 fully saturated rings. The van der Waals surface area contributed by atoms with Crippen molar-refractivity contribution in [3.8, 4) is 0 Å². The van der Waals surface area contributed by atoms with E-state index in [2.05, 4.69) is 0 Å². The molecule has 0 saturated heterocycles. The second-order valence-electron chi connectivity index (χ2n) is 4.80. The molecule has 3 rings (SSSR count). The Kier molecular flexibility index (Phi) is 3.39. The van der Waals surface area contributed by atoms with E-state index in [-0.39, 0.29) is 16.5 Å². The molecule has 0 spiro atoms. The summed E-state index contributed by atoms with van der Waals surface area (Å²) in [6.07, 6.45) is 0.688. The van der Waals surface area contributed by atoms with Crippen LogP contribution >= 0.6 is 11.6 Å². The fourth-order valence-electron chi connectivity index (χ4n) is 2.61. The van der Waals surface area contributed by atoms with Gasteiger partial charge in [-0.15, -0.1) is 0 Å². The van der Waals surface area contributed by atoms with E-state index < -0.39 is 5.97 Å². The minimum atomic E-state index is -1.14. The number of anilines is 1. The van der Waals surface area contributed by atoms with Crippen molar-refractivity contribution in [2.75, 3.05) is 11.4 Å². The van der Waals surface area contributed by atoms with Crippen molar-refractivity contribution in [1.82, 2.24) is 0 Å². The molecule has 0 bridgehead atoms. The summed E-state index contributed by atoms with van der Waals surface area (Å²) in [5, 5.41) is 9.47. The number of rotatable bonds is 2. The lowest BCUT2D eigenvalue weighted by Gasteiger charge is -2.29. The average Bonchev–Trinajstić information content (AvgIpc) is 2.47. The minimum absolute atomic E-state index is 0.0353. The second-order valence-corrected chi connectivity index (χ2v) is 5.21. The number of carbonyl (C=O) groups is 2. The highest BCUT2D eigenvalue weighted by molar-refractivity contribution is 6.34. The number of amides is 1. The lowest BCUT2D eigenvalue weighted by Crippen LogP contribution is -2.38. The molecule has 0 atom stereocenters. The average molecular weight is 302 g/mol. The molecule has 1 N–H and O–H groups in total. The molecular formula is C16H12ClNO3. The van der Waals surface area contributed by atoms with Gasteiger partial charge in [-0.3, -0.25) is 4.79 Å². The number of hydrogen-bond acceptors (Lipinski definition) is 2. The number of hydrogen-bond donors (Lipinski definition) is 1. The zero-order valence-electron chi connectivity index (χ0n) is 11.0. The molecule has 1 heterocycles. The highest BCUT2D eigenvalue weighted by Crippen LogP contribution is 2.31. The van der Waals surface area contributed by atoms with Crippen LogP contribution in [0.1, 0.15) is 26.3 Å². The third kappa shape index (κ3) is 2.28. The normalized spacial score (nSPS) is 14.0. The molecule has 0 aliphatic carbocycles. The molecule has 0 saturated carbocycles. The second kappa shape index (κ2) is 5.22. The standard InChI is InChI=1S/C16H12ClNO3/c17-12-6-3-7-13(14(12)16(20)21)18-9-8-10-4-1-2-5-11(10)15(18)19/h1-7H,8-9H2,(H,20,21). The Bertz CT molecular complexity index is 742. The van der Waals surface area contributed by atoms with E-state index in [4.69, 9.17) is 11.6 Å². The van der Waals surface area contributed by atoms with Gasteiger partial charge in [0.25, 0.3) is 5.91 Å². The van der Waals surface area contributed by atoms with Crippen LogP contribution in [0, 0.1) is 0 Å². The number of halogens is 1. The summed E-state index contributed by atoms with van der Waals surface area (Å²) in [6, 6.07) is 12.1. The minimum Gasteiger partial charge on any atom is -0.478 e. The third-order valence-corrected chi connectivity index (χ3v) is 3.91. The maximum absolute atomic E-state index is 12.6. The van der Waals surface area contributed by atoms with Crippen molar-refractivity contribution in [1.29, 1.82) is 0 Å². The Morgan fingerprint density at radius 2 is 1.90 bits per heavy atom. The molecule has 21 heavy (non-hydrogen) atoms. The van der Waals surface area contributed by atoms with Gasteiger partial charge in [0.1, 0.15) is 5.56 Å². The Morgan fingerprint density at radius 3 is 2.67 bits per heavy atom. The lowest BCUT2D eigenvalue weighted by atomic mass is 9.98. The number of aromatic carboxylic acids is 1. The number of carboxylic acid groups (broad SMARTS) is 1. The maximum Gasteiger partial charge on any atom is 0.339 e. The number of carbonyl (C=O) groups excluding carboxylic acids is 1. The van der Waals surface area contributed by atoms with Gasteiger partial charge in [0.2, 0.25) is 0 Å². The van der Waals surface area contributed by atoms with Gasteiger partial charge in [-0.2, -0.15) is 0 Å². The summed E-state index contributed by atoms with van der Waals surface area (Å²) < 4.78 is 0. The summed E-state index contributed by atoms with van der Waals surface area (Å²) in [5.41, 5.74) is 1.90. The number of carboxylic acids is 1. The zero-order valence-corrected chi connectivity index (χ0v) is 11.8. The molecule has 0 aromatic heterocycles. The van der Waals surface area contributed by atoms with E-state index >= 15 is 0 Å². The van der Waals surface area contributed by atoms with Crippen molar-refractivity contribution < 1.29 is 14.7 Å². The molecule has 0 radical (unpaired) electrons. The van der Waals surface area contributed by atoms with Crippen LogP contribution in [0.15, 0.2) is 42.5 Å². The summed E-state index contributed by atoms with van der Waals surface area (Å²) in [6.45, 7) is 0.441. The van der Waals surface area contributed by atoms with Crippen molar-refractivity contribution in [3.63, 3.8) is 0 Å². The van der Waals surface area contributed by atoms with Gasteiger partial charge in [-0.25, -0.2) is 4.79 Å². The van der Waals surface area contributed by atoms with E-state index in [9.17, 15) is 14.7 Å². The molecular weight excluding hydrogens is 290 g/mol. The molecule has 5 heteroatoms. The highest BCUT2D eigenvalue weighted by atomic mass is 35.5. The van der Waals surface area contributed by atoms with Crippen LogP contribution in [-0.2, 0) is 6.42 Å². The van der Waals surface area contributed by atoms with Gasteiger partial charge in [0.05, 0.1) is 10.7 Å². The predicted octanol–water partition coefficient (Wildman–Crippen LogP) is 3.24. The van der Waals surface area contributed by atoms with Crippen LogP contribution in [-0.4, -0.2) is 23.5 Å².